The van der Waals surface area contributed by atoms with Crippen molar-refractivity contribution in [3.63, 3.8) is 0 Å². The first-order chi connectivity index (χ1) is 7.81. The van der Waals surface area contributed by atoms with Gasteiger partial charge in [-0.2, -0.15) is 0 Å². The molecule has 2 fully saturated rings. The Labute approximate surface area is 101 Å². The monoisotopic (exact) mass is 224 g/mol. The number of fused-ring (bicyclic) bond motifs is 1. The van der Waals surface area contributed by atoms with E-state index in [1.807, 2.05) is 0 Å². The van der Waals surface area contributed by atoms with E-state index in [2.05, 4.69) is 24.1 Å². The van der Waals surface area contributed by atoms with Crippen LogP contribution in [0.15, 0.2) is 0 Å². The van der Waals surface area contributed by atoms with Crippen LogP contribution in [0.5, 0.6) is 0 Å². The van der Waals surface area contributed by atoms with Gasteiger partial charge in [-0.25, -0.2) is 0 Å². The molecule has 2 saturated heterocycles. The van der Waals surface area contributed by atoms with Gasteiger partial charge in [0.15, 0.2) is 0 Å². The summed E-state index contributed by atoms with van der Waals surface area (Å²) in [4.78, 5) is 2.73. The second-order valence-corrected chi connectivity index (χ2v) is 5.76. The number of piperidine rings is 1. The molecule has 0 bridgehead atoms. The van der Waals surface area contributed by atoms with Crippen LogP contribution in [-0.4, -0.2) is 36.6 Å². The largest absolute Gasteiger partial charge is 0.312 e. The number of unbranched alkanes of at least 4 members (excludes halogenated alkanes) is 2. The Kier molecular flexibility index (Phi) is 4.66. The molecule has 2 aliphatic rings. The Morgan fingerprint density at radius 3 is 2.94 bits per heavy atom. The molecule has 2 nitrogen and oxygen atoms in total. The van der Waals surface area contributed by atoms with Gasteiger partial charge in [0.1, 0.15) is 0 Å². The van der Waals surface area contributed by atoms with E-state index in [1.165, 1.54) is 58.2 Å². The van der Waals surface area contributed by atoms with Crippen molar-refractivity contribution in [2.45, 2.75) is 64.5 Å². The summed E-state index contributed by atoms with van der Waals surface area (Å²) in [5.74, 6) is 0.947. The van der Waals surface area contributed by atoms with Crippen LogP contribution in [-0.2, 0) is 0 Å². The maximum absolute atomic E-state index is 3.69. The van der Waals surface area contributed by atoms with Gasteiger partial charge in [0, 0.05) is 25.2 Å². The molecule has 2 heteroatoms. The minimum atomic E-state index is 0.805. The Morgan fingerprint density at radius 1 is 1.31 bits per heavy atom. The van der Waals surface area contributed by atoms with Crippen LogP contribution in [0, 0.1) is 5.92 Å². The van der Waals surface area contributed by atoms with Crippen molar-refractivity contribution < 1.29 is 0 Å². The molecule has 3 unspecified atom stereocenters. The van der Waals surface area contributed by atoms with E-state index in [9.17, 15) is 0 Å². The van der Waals surface area contributed by atoms with E-state index in [0.29, 0.717) is 0 Å². The molecular weight excluding hydrogens is 196 g/mol. The molecule has 0 aromatic rings. The van der Waals surface area contributed by atoms with Crippen LogP contribution in [0.1, 0.15) is 52.4 Å². The first-order valence-electron chi connectivity index (χ1n) is 7.28. The Hall–Kier alpha value is -0.0800. The molecule has 2 aliphatic heterocycles. The smallest absolute Gasteiger partial charge is 0.0235 e. The van der Waals surface area contributed by atoms with Crippen LogP contribution in [0.2, 0.25) is 0 Å². The van der Waals surface area contributed by atoms with Gasteiger partial charge in [-0.1, -0.05) is 26.2 Å². The molecule has 1 N–H and O–H groups in total. The molecule has 0 amide bonds. The molecule has 2 heterocycles. The maximum atomic E-state index is 3.69. The Balaban J connectivity index is 1.73. The van der Waals surface area contributed by atoms with Crippen molar-refractivity contribution in [1.82, 2.24) is 10.2 Å². The fourth-order valence-electron chi connectivity index (χ4n) is 3.31. The van der Waals surface area contributed by atoms with Crippen molar-refractivity contribution in [3.05, 3.63) is 0 Å². The van der Waals surface area contributed by atoms with Gasteiger partial charge in [-0.15, -0.1) is 0 Å². The number of hydrogen-bond donors (Lipinski definition) is 1. The highest BCUT2D eigenvalue weighted by molar-refractivity contribution is 4.93. The highest BCUT2D eigenvalue weighted by Crippen LogP contribution is 2.27. The summed E-state index contributed by atoms with van der Waals surface area (Å²) >= 11 is 0. The minimum Gasteiger partial charge on any atom is -0.312 e. The average Bonchev–Trinajstić information content (AvgIpc) is 2.73. The zero-order valence-electron chi connectivity index (χ0n) is 11.0. The lowest BCUT2D eigenvalue weighted by atomic mass is 9.94. The first kappa shape index (κ1) is 12.4. The molecule has 0 saturated carbocycles. The van der Waals surface area contributed by atoms with Crippen molar-refractivity contribution in [2.75, 3.05) is 19.6 Å². The number of likely N-dealkylation sites (tertiary alicyclic amines) is 1. The lowest BCUT2D eigenvalue weighted by molar-refractivity contribution is 0.232. The van der Waals surface area contributed by atoms with Gasteiger partial charge in [0.05, 0.1) is 0 Å². The summed E-state index contributed by atoms with van der Waals surface area (Å²) in [5.41, 5.74) is 0. The molecule has 2 rings (SSSR count). The quantitative estimate of drug-likeness (QED) is 0.722. The summed E-state index contributed by atoms with van der Waals surface area (Å²) in [6.07, 6.45) is 8.40. The van der Waals surface area contributed by atoms with Crippen molar-refractivity contribution in [1.29, 1.82) is 0 Å². The molecule has 0 aliphatic carbocycles. The number of hydrogen-bond acceptors (Lipinski definition) is 2. The minimum absolute atomic E-state index is 0.805. The van der Waals surface area contributed by atoms with Gasteiger partial charge in [0.25, 0.3) is 0 Å². The molecule has 3 atom stereocenters. The van der Waals surface area contributed by atoms with E-state index in [1.54, 1.807) is 0 Å². The summed E-state index contributed by atoms with van der Waals surface area (Å²) in [6, 6.07) is 1.61. The first-order valence-corrected chi connectivity index (χ1v) is 7.28. The Bertz CT molecular complexity index is 191. The van der Waals surface area contributed by atoms with Gasteiger partial charge in [0.2, 0.25) is 0 Å². The summed E-state index contributed by atoms with van der Waals surface area (Å²) in [6.45, 7) is 8.62. The van der Waals surface area contributed by atoms with Crippen LogP contribution >= 0.6 is 0 Å². The van der Waals surface area contributed by atoms with E-state index < -0.39 is 0 Å². The third-order valence-electron chi connectivity index (χ3n) is 4.48. The van der Waals surface area contributed by atoms with E-state index in [0.717, 1.165) is 18.0 Å². The van der Waals surface area contributed by atoms with Crippen molar-refractivity contribution in [2.24, 2.45) is 5.92 Å². The lowest BCUT2D eigenvalue weighted by Gasteiger charge is -2.25. The highest BCUT2D eigenvalue weighted by atomic mass is 15.2. The second kappa shape index (κ2) is 6.02. The third kappa shape index (κ3) is 2.98. The van der Waals surface area contributed by atoms with Crippen molar-refractivity contribution in [3.8, 4) is 0 Å². The average molecular weight is 224 g/mol. The topological polar surface area (TPSA) is 15.3 Å². The standard InChI is InChI=1S/C14H28N2/c1-3-4-5-7-12(2)16-10-13-8-6-9-15-14(13)11-16/h12-15H,3-11H2,1-2H3. The maximum Gasteiger partial charge on any atom is 0.0235 e. The normalized spacial score (nSPS) is 32.6. The van der Waals surface area contributed by atoms with Crippen LogP contribution in [0.3, 0.4) is 0 Å². The van der Waals surface area contributed by atoms with Crippen LogP contribution < -0.4 is 5.32 Å². The zero-order valence-corrected chi connectivity index (χ0v) is 11.0. The van der Waals surface area contributed by atoms with Gasteiger partial charge in [-0.05, 0) is 38.6 Å². The van der Waals surface area contributed by atoms with E-state index in [4.69, 9.17) is 0 Å². The van der Waals surface area contributed by atoms with Gasteiger partial charge >= 0.3 is 0 Å². The molecule has 94 valence electrons. The predicted molar refractivity (Wildman–Crippen MR) is 69.7 cm³/mol. The third-order valence-corrected chi connectivity index (χ3v) is 4.48. The summed E-state index contributed by atoms with van der Waals surface area (Å²) in [5, 5.41) is 3.69. The van der Waals surface area contributed by atoms with Gasteiger partial charge < -0.3 is 5.32 Å². The van der Waals surface area contributed by atoms with Crippen LogP contribution in [0.4, 0.5) is 0 Å². The summed E-state index contributed by atoms with van der Waals surface area (Å²) in [7, 11) is 0. The highest BCUT2D eigenvalue weighted by Gasteiger charge is 2.35. The zero-order chi connectivity index (χ0) is 11.4. The number of nitrogens with one attached hydrogen (secondary N) is 1. The van der Waals surface area contributed by atoms with E-state index in [-0.39, 0.29) is 0 Å². The SMILES string of the molecule is CCCCCC(C)N1CC2CCCNC2C1. The predicted octanol–water partition coefficient (Wildman–Crippen LogP) is 2.64. The Morgan fingerprint density at radius 2 is 2.19 bits per heavy atom. The van der Waals surface area contributed by atoms with Crippen molar-refractivity contribution >= 4 is 0 Å². The second-order valence-electron chi connectivity index (χ2n) is 5.76. The van der Waals surface area contributed by atoms with Crippen LogP contribution in [0.25, 0.3) is 0 Å². The fourth-order valence-corrected chi connectivity index (χ4v) is 3.31. The number of rotatable bonds is 5. The van der Waals surface area contributed by atoms with Gasteiger partial charge in [-0.3, -0.25) is 4.90 Å². The lowest BCUT2D eigenvalue weighted by Crippen LogP contribution is -2.41. The number of nitrogens with zero attached hydrogens (tertiary/aromatic N) is 1. The summed E-state index contributed by atoms with van der Waals surface area (Å²) < 4.78 is 0. The fraction of sp³-hybridized carbons (Fsp3) is 1.00. The molecule has 0 aromatic heterocycles. The molecule has 16 heavy (non-hydrogen) atoms. The molecular formula is C14H28N2. The molecule has 0 radical (unpaired) electrons. The van der Waals surface area contributed by atoms with E-state index >= 15 is 0 Å². The molecule has 0 aromatic carbocycles. The molecule has 0 spiro atoms.